The Morgan fingerprint density at radius 1 is 1.50 bits per heavy atom. The number of anilines is 2. The number of nitrogens with two attached hydrogens (primary N) is 1. The van der Waals surface area contributed by atoms with Crippen molar-refractivity contribution >= 4 is 39.7 Å². The van der Waals surface area contributed by atoms with Crippen LogP contribution in [-0.4, -0.2) is 21.6 Å². The predicted molar refractivity (Wildman–Crippen MR) is 77.2 cm³/mol. The van der Waals surface area contributed by atoms with Crippen molar-refractivity contribution in [2.45, 2.75) is 13.8 Å². The molecular weight excluding hydrogens is 272 g/mol. The van der Waals surface area contributed by atoms with E-state index >= 15 is 0 Å². The van der Waals surface area contributed by atoms with Crippen molar-refractivity contribution in [2.24, 2.45) is 5.92 Å². The van der Waals surface area contributed by atoms with Gasteiger partial charge in [0.25, 0.3) is 0 Å². The molecule has 100 valence electrons. The van der Waals surface area contributed by atoms with Crippen LogP contribution in [0.15, 0.2) is 18.2 Å². The zero-order chi connectivity index (χ0) is 13.7. The van der Waals surface area contributed by atoms with Crippen LogP contribution >= 0.6 is 11.6 Å². The summed E-state index contributed by atoms with van der Waals surface area (Å²) in [5.74, 6) is 0.470. The highest BCUT2D eigenvalue weighted by Crippen LogP contribution is 2.23. The number of carbonyl (C=O) groups excluding carboxylic acids is 1. The first-order valence-electron chi connectivity index (χ1n) is 5.58. The fraction of sp³-hybridized carbons (Fsp3) is 0.417. The van der Waals surface area contributed by atoms with Gasteiger partial charge in [-0.3, -0.25) is 9.00 Å². The number of halogens is 1. The molecule has 0 heterocycles. The zero-order valence-corrected chi connectivity index (χ0v) is 12.0. The first-order valence-corrected chi connectivity index (χ1v) is 7.45. The summed E-state index contributed by atoms with van der Waals surface area (Å²) in [7, 11) is -1.15. The van der Waals surface area contributed by atoms with E-state index in [-0.39, 0.29) is 11.7 Å². The molecule has 1 amide bonds. The molecule has 0 saturated heterocycles. The molecule has 18 heavy (non-hydrogen) atoms. The van der Waals surface area contributed by atoms with E-state index in [0.717, 1.165) is 0 Å². The summed E-state index contributed by atoms with van der Waals surface area (Å²) in [6.45, 7) is 3.93. The van der Waals surface area contributed by atoms with Gasteiger partial charge in [0, 0.05) is 22.2 Å². The van der Waals surface area contributed by atoms with Crippen LogP contribution in [-0.2, 0) is 15.6 Å². The molecule has 0 radical (unpaired) electrons. The predicted octanol–water partition coefficient (Wildman–Crippen LogP) is 2.27. The Kier molecular flexibility index (Phi) is 5.62. The molecule has 1 unspecified atom stereocenters. The summed E-state index contributed by atoms with van der Waals surface area (Å²) in [6.07, 6.45) is 0. The van der Waals surface area contributed by atoms with Crippen molar-refractivity contribution in [3.8, 4) is 0 Å². The van der Waals surface area contributed by atoms with Gasteiger partial charge in [-0.2, -0.15) is 0 Å². The molecular formula is C12H17ClN2O2S. The monoisotopic (exact) mass is 288 g/mol. The molecule has 0 fully saturated rings. The summed E-state index contributed by atoms with van der Waals surface area (Å²) >= 11 is 5.92. The van der Waals surface area contributed by atoms with Crippen LogP contribution in [0.25, 0.3) is 0 Å². The highest BCUT2D eigenvalue weighted by atomic mass is 35.5. The van der Waals surface area contributed by atoms with E-state index in [1.807, 2.05) is 13.8 Å². The van der Waals surface area contributed by atoms with Gasteiger partial charge in [0.15, 0.2) is 0 Å². The van der Waals surface area contributed by atoms with E-state index < -0.39 is 10.8 Å². The molecule has 1 rings (SSSR count). The zero-order valence-electron chi connectivity index (χ0n) is 10.4. The summed E-state index contributed by atoms with van der Waals surface area (Å²) in [4.78, 5) is 11.7. The van der Waals surface area contributed by atoms with E-state index in [2.05, 4.69) is 5.32 Å². The number of benzene rings is 1. The normalized spacial score (nSPS) is 12.4. The Labute approximate surface area is 114 Å². The minimum Gasteiger partial charge on any atom is -0.399 e. The van der Waals surface area contributed by atoms with Crippen LogP contribution in [0.5, 0.6) is 0 Å². The van der Waals surface area contributed by atoms with E-state index in [4.69, 9.17) is 17.3 Å². The van der Waals surface area contributed by atoms with Crippen LogP contribution in [0.2, 0.25) is 5.02 Å². The van der Waals surface area contributed by atoms with Gasteiger partial charge < -0.3 is 11.1 Å². The van der Waals surface area contributed by atoms with Gasteiger partial charge in [-0.25, -0.2) is 0 Å². The third-order valence-electron chi connectivity index (χ3n) is 2.08. The third kappa shape index (κ3) is 5.06. The van der Waals surface area contributed by atoms with Crippen molar-refractivity contribution in [3.05, 3.63) is 23.2 Å². The fourth-order valence-corrected chi connectivity index (χ4v) is 2.79. The summed E-state index contributed by atoms with van der Waals surface area (Å²) in [5, 5.41) is 3.02. The van der Waals surface area contributed by atoms with Crippen molar-refractivity contribution < 1.29 is 9.00 Å². The van der Waals surface area contributed by atoms with Gasteiger partial charge in [0.05, 0.1) is 10.7 Å². The van der Waals surface area contributed by atoms with E-state index in [1.165, 1.54) is 0 Å². The maximum Gasteiger partial charge on any atom is 0.237 e. The fourth-order valence-electron chi connectivity index (χ4n) is 1.40. The Hall–Kier alpha value is -1.07. The Balaban J connectivity index is 2.59. The SMILES string of the molecule is CC(C)CS(=O)CC(=O)Nc1cc(N)ccc1Cl. The molecule has 0 aromatic heterocycles. The topological polar surface area (TPSA) is 72.2 Å². The quantitative estimate of drug-likeness (QED) is 0.817. The molecule has 0 bridgehead atoms. The first-order chi connectivity index (χ1) is 8.38. The standard InChI is InChI=1S/C12H17ClN2O2S/c1-8(2)6-18(17)7-12(16)15-11-5-9(14)3-4-10(11)13/h3-5,8H,6-7,14H2,1-2H3,(H,15,16). The minimum atomic E-state index is -1.15. The number of nitrogen functional groups attached to an aromatic ring is 1. The van der Waals surface area contributed by atoms with Crippen LogP contribution in [0.1, 0.15) is 13.8 Å². The van der Waals surface area contributed by atoms with Crippen LogP contribution in [0.3, 0.4) is 0 Å². The number of carbonyl (C=O) groups is 1. The van der Waals surface area contributed by atoms with Gasteiger partial charge in [-0.15, -0.1) is 0 Å². The Morgan fingerprint density at radius 2 is 2.17 bits per heavy atom. The number of hydrogen-bond donors (Lipinski definition) is 2. The number of amides is 1. The second kappa shape index (κ2) is 6.75. The van der Waals surface area contributed by atoms with Gasteiger partial charge in [-0.05, 0) is 24.1 Å². The molecule has 0 aliphatic heterocycles. The maximum absolute atomic E-state index is 11.7. The molecule has 1 atom stereocenters. The second-order valence-electron chi connectivity index (χ2n) is 4.43. The maximum atomic E-state index is 11.7. The largest absolute Gasteiger partial charge is 0.399 e. The average molecular weight is 289 g/mol. The smallest absolute Gasteiger partial charge is 0.237 e. The Morgan fingerprint density at radius 3 is 2.78 bits per heavy atom. The lowest BCUT2D eigenvalue weighted by atomic mass is 10.3. The number of nitrogens with one attached hydrogen (secondary N) is 1. The molecule has 1 aromatic rings. The minimum absolute atomic E-state index is 0.0245. The van der Waals surface area contributed by atoms with Crippen LogP contribution < -0.4 is 11.1 Å². The molecule has 0 aliphatic rings. The molecule has 0 aliphatic carbocycles. The lowest BCUT2D eigenvalue weighted by molar-refractivity contribution is -0.113. The molecule has 1 aromatic carbocycles. The average Bonchev–Trinajstić information content (AvgIpc) is 2.21. The van der Waals surface area contributed by atoms with Crippen molar-refractivity contribution in [2.75, 3.05) is 22.6 Å². The third-order valence-corrected chi connectivity index (χ3v) is 4.03. The summed E-state index contributed by atoms with van der Waals surface area (Å²) < 4.78 is 11.6. The molecule has 4 nitrogen and oxygen atoms in total. The number of rotatable bonds is 5. The van der Waals surface area contributed by atoms with E-state index in [0.29, 0.717) is 28.1 Å². The lowest BCUT2D eigenvalue weighted by Gasteiger charge is -2.08. The van der Waals surface area contributed by atoms with Crippen molar-refractivity contribution in [1.82, 2.24) is 0 Å². The molecule has 0 spiro atoms. The second-order valence-corrected chi connectivity index (χ2v) is 6.34. The van der Waals surface area contributed by atoms with Crippen LogP contribution in [0, 0.1) is 5.92 Å². The lowest BCUT2D eigenvalue weighted by Crippen LogP contribution is -2.22. The first kappa shape index (κ1) is 15.0. The van der Waals surface area contributed by atoms with E-state index in [1.54, 1.807) is 18.2 Å². The molecule has 3 N–H and O–H groups in total. The highest BCUT2D eigenvalue weighted by Gasteiger charge is 2.11. The molecule has 0 saturated carbocycles. The summed E-state index contributed by atoms with van der Waals surface area (Å²) in [6, 6.07) is 4.83. The number of hydrogen-bond acceptors (Lipinski definition) is 3. The summed E-state index contributed by atoms with van der Waals surface area (Å²) in [5.41, 5.74) is 6.56. The van der Waals surface area contributed by atoms with Gasteiger partial charge >= 0.3 is 0 Å². The van der Waals surface area contributed by atoms with E-state index in [9.17, 15) is 9.00 Å². The van der Waals surface area contributed by atoms with Crippen LogP contribution in [0.4, 0.5) is 11.4 Å². The van der Waals surface area contributed by atoms with Crippen molar-refractivity contribution in [3.63, 3.8) is 0 Å². The van der Waals surface area contributed by atoms with Crippen molar-refractivity contribution in [1.29, 1.82) is 0 Å². The highest BCUT2D eigenvalue weighted by molar-refractivity contribution is 7.85. The van der Waals surface area contributed by atoms with Gasteiger partial charge in [-0.1, -0.05) is 25.4 Å². The Bertz CT molecular complexity index is 463. The molecule has 6 heteroatoms. The van der Waals surface area contributed by atoms with Gasteiger partial charge in [0.1, 0.15) is 5.75 Å². The van der Waals surface area contributed by atoms with Gasteiger partial charge in [0.2, 0.25) is 5.91 Å².